The highest BCUT2D eigenvalue weighted by atomic mass is 16.6. The predicted molar refractivity (Wildman–Crippen MR) is 229 cm³/mol. The Morgan fingerprint density at radius 1 is 0.389 bits per heavy atom. The minimum atomic E-state index is -0.761. The Labute approximate surface area is 336 Å². The minimum absolute atomic E-state index is 0.0654. The van der Waals surface area contributed by atoms with Crippen molar-refractivity contribution in [3.8, 4) is 0 Å². The van der Waals surface area contributed by atoms with E-state index in [9.17, 15) is 14.4 Å². The van der Waals surface area contributed by atoms with Crippen LogP contribution in [0.25, 0.3) is 0 Å². The van der Waals surface area contributed by atoms with E-state index >= 15 is 0 Å². The molecule has 0 radical (unpaired) electrons. The molecule has 1 unspecified atom stereocenters. The van der Waals surface area contributed by atoms with Gasteiger partial charge in [0.25, 0.3) is 0 Å². The number of carbonyl (C=O) groups excluding carboxylic acids is 3. The molecule has 0 aliphatic rings. The molecular weight excluding hydrogens is 673 g/mol. The molecule has 0 aromatic carbocycles. The second-order valence-corrected chi connectivity index (χ2v) is 17.1. The summed E-state index contributed by atoms with van der Waals surface area (Å²) < 4.78 is 16.7. The monoisotopic (exact) mass is 765 g/mol. The number of hydrogen-bond acceptors (Lipinski definition) is 6. The van der Waals surface area contributed by atoms with Crippen molar-refractivity contribution in [3.05, 3.63) is 0 Å². The lowest BCUT2D eigenvalue weighted by molar-refractivity contribution is -0.167. The molecule has 6 heteroatoms. The zero-order valence-corrected chi connectivity index (χ0v) is 36.8. The third-order valence-corrected chi connectivity index (χ3v) is 11.1. The van der Waals surface area contributed by atoms with Gasteiger partial charge in [-0.2, -0.15) is 0 Å². The van der Waals surface area contributed by atoms with Gasteiger partial charge in [-0.3, -0.25) is 14.4 Å². The third kappa shape index (κ3) is 40.1. The van der Waals surface area contributed by atoms with E-state index in [-0.39, 0.29) is 31.1 Å². The summed E-state index contributed by atoms with van der Waals surface area (Å²) in [4.78, 5) is 37.7. The molecule has 0 aromatic heterocycles. The quantitative estimate of drug-likeness (QED) is 0.0350. The fraction of sp³-hybridized carbons (Fsp3) is 0.938. The van der Waals surface area contributed by atoms with Crippen LogP contribution in [0.5, 0.6) is 0 Å². The SMILES string of the molecule is CCCCCCCCCCCCCCCCC(=O)O[C@H](COC(=O)CCCCCCCCCCC(C)CC)COC(=O)CCCCCCCCCC(C)C. The number of unbranched alkanes of at least 4 members (excludes halogenated alkanes) is 26. The summed E-state index contributed by atoms with van der Waals surface area (Å²) in [6, 6.07) is 0. The number of hydrogen-bond donors (Lipinski definition) is 0. The van der Waals surface area contributed by atoms with E-state index in [1.54, 1.807) is 0 Å². The van der Waals surface area contributed by atoms with Crippen molar-refractivity contribution in [2.45, 2.75) is 265 Å². The molecule has 6 nitrogen and oxygen atoms in total. The molecule has 54 heavy (non-hydrogen) atoms. The Morgan fingerprint density at radius 3 is 1.06 bits per heavy atom. The van der Waals surface area contributed by atoms with Gasteiger partial charge >= 0.3 is 17.9 Å². The predicted octanol–water partition coefficient (Wildman–Crippen LogP) is 15.0. The maximum absolute atomic E-state index is 12.7. The minimum Gasteiger partial charge on any atom is -0.462 e. The second-order valence-electron chi connectivity index (χ2n) is 17.1. The Kier molecular flexibility index (Phi) is 39.8. The van der Waals surface area contributed by atoms with Crippen molar-refractivity contribution in [2.24, 2.45) is 11.8 Å². The van der Waals surface area contributed by atoms with Crippen molar-refractivity contribution in [1.82, 2.24) is 0 Å². The van der Waals surface area contributed by atoms with Gasteiger partial charge in [0.15, 0.2) is 6.10 Å². The maximum Gasteiger partial charge on any atom is 0.306 e. The first-order valence-corrected chi connectivity index (χ1v) is 23.8. The Balaban J connectivity index is 4.34. The van der Waals surface area contributed by atoms with Crippen LogP contribution in [0.1, 0.15) is 259 Å². The van der Waals surface area contributed by atoms with Crippen molar-refractivity contribution in [2.75, 3.05) is 13.2 Å². The molecule has 0 amide bonds. The van der Waals surface area contributed by atoms with Crippen molar-refractivity contribution in [1.29, 1.82) is 0 Å². The molecular formula is C48H92O6. The molecule has 2 atom stereocenters. The van der Waals surface area contributed by atoms with Crippen LogP contribution in [0.15, 0.2) is 0 Å². The van der Waals surface area contributed by atoms with Crippen LogP contribution in [-0.4, -0.2) is 37.2 Å². The third-order valence-electron chi connectivity index (χ3n) is 11.1. The summed E-state index contributed by atoms with van der Waals surface area (Å²) >= 11 is 0. The van der Waals surface area contributed by atoms with Crippen LogP contribution in [0.3, 0.4) is 0 Å². The van der Waals surface area contributed by atoms with Gasteiger partial charge in [-0.25, -0.2) is 0 Å². The smallest absolute Gasteiger partial charge is 0.306 e. The van der Waals surface area contributed by atoms with E-state index in [0.29, 0.717) is 19.3 Å². The van der Waals surface area contributed by atoms with Gasteiger partial charge in [-0.15, -0.1) is 0 Å². The summed E-state index contributed by atoms with van der Waals surface area (Å²) in [6.07, 6.45) is 39.4. The molecule has 0 aromatic rings. The van der Waals surface area contributed by atoms with Crippen molar-refractivity contribution < 1.29 is 28.6 Å². The highest BCUT2D eigenvalue weighted by Crippen LogP contribution is 2.17. The first-order chi connectivity index (χ1) is 26.3. The van der Waals surface area contributed by atoms with Crippen LogP contribution in [0.2, 0.25) is 0 Å². The fourth-order valence-corrected chi connectivity index (χ4v) is 7.07. The highest BCUT2D eigenvalue weighted by Gasteiger charge is 2.19. The molecule has 0 rings (SSSR count). The number of rotatable bonds is 42. The van der Waals surface area contributed by atoms with Crippen molar-refractivity contribution in [3.63, 3.8) is 0 Å². The summed E-state index contributed by atoms with van der Waals surface area (Å²) in [5.74, 6) is 0.771. The Hall–Kier alpha value is -1.59. The van der Waals surface area contributed by atoms with E-state index in [0.717, 1.165) is 69.6 Å². The van der Waals surface area contributed by atoms with E-state index in [2.05, 4.69) is 34.6 Å². The summed E-state index contributed by atoms with van der Waals surface area (Å²) in [5.41, 5.74) is 0. The zero-order chi connectivity index (χ0) is 39.7. The molecule has 0 saturated carbocycles. The largest absolute Gasteiger partial charge is 0.462 e. The molecule has 0 aliphatic heterocycles. The van der Waals surface area contributed by atoms with Gasteiger partial charge in [0.05, 0.1) is 0 Å². The second kappa shape index (κ2) is 41.1. The van der Waals surface area contributed by atoms with Gasteiger partial charge in [0.1, 0.15) is 13.2 Å². The van der Waals surface area contributed by atoms with Gasteiger partial charge in [-0.05, 0) is 31.1 Å². The lowest BCUT2D eigenvalue weighted by Crippen LogP contribution is -2.30. The first-order valence-electron chi connectivity index (χ1n) is 23.8. The van der Waals surface area contributed by atoms with Gasteiger partial charge in [-0.1, -0.05) is 221 Å². The molecule has 0 saturated heterocycles. The molecule has 0 aliphatic carbocycles. The van der Waals surface area contributed by atoms with Gasteiger partial charge in [0.2, 0.25) is 0 Å². The Morgan fingerprint density at radius 2 is 0.704 bits per heavy atom. The average molecular weight is 765 g/mol. The molecule has 0 bridgehead atoms. The van der Waals surface area contributed by atoms with Crippen LogP contribution in [-0.2, 0) is 28.6 Å². The zero-order valence-electron chi connectivity index (χ0n) is 36.8. The highest BCUT2D eigenvalue weighted by molar-refractivity contribution is 5.71. The summed E-state index contributed by atoms with van der Waals surface area (Å²) in [5, 5.41) is 0. The molecule has 0 heterocycles. The fourth-order valence-electron chi connectivity index (χ4n) is 7.07. The van der Waals surface area contributed by atoms with Crippen molar-refractivity contribution >= 4 is 17.9 Å². The van der Waals surface area contributed by atoms with Crippen LogP contribution >= 0.6 is 0 Å². The normalized spacial score (nSPS) is 12.6. The standard InChI is InChI=1S/C48H92O6/c1-6-8-9-10-11-12-13-14-15-16-17-24-30-35-40-48(51)54-45(42-53-47(50)39-34-29-25-20-21-26-31-36-43(3)4)41-52-46(49)38-33-28-23-19-18-22-27-32-37-44(5)7-2/h43-45H,6-42H2,1-5H3/t44?,45-/m1/s1. The summed E-state index contributed by atoms with van der Waals surface area (Å²) in [6.45, 7) is 11.3. The molecule has 0 N–H and O–H groups in total. The number of esters is 3. The topological polar surface area (TPSA) is 78.9 Å². The lowest BCUT2D eigenvalue weighted by Gasteiger charge is -2.18. The summed E-state index contributed by atoms with van der Waals surface area (Å²) in [7, 11) is 0. The van der Waals surface area contributed by atoms with E-state index in [1.165, 1.54) is 148 Å². The van der Waals surface area contributed by atoms with Crippen LogP contribution in [0, 0.1) is 11.8 Å². The van der Waals surface area contributed by atoms with E-state index < -0.39 is 6.10 Å². The van der Waals surface area contributed by atoms with E-state index in [4.69, 9.17) is 14.2 Å². The molecule has 320 valence electrons. The van der Waals surface area contributed by atoms with Crippen LogP contribution in [0.4, 0.5) is 0 Å². The Bertz CT molecular complexity index is 826. The number of ether oxygens (including phenoxy) is 3. The first kappa shape index (κ1) is 52.4. The number of carbonyl (C=O) groups is 3. The van der Waals surface area contributed by atoms with E-state index in [1.807, 2.05) is 0 Å². The lowest BCUT2D eigenvalue weighted by atomic mass is 9.99. The maximum atomic E-state index is 12.7. The molecule has 0 fully saturated rings. The average Bonchev–Trinajstić information content (AvgIpc) is 3.15. The molecule has 0 spiro atoms. The van der Waals surface area contributed by atoms with Crippen LogP contribution < -0.4 is 0 Å². The van der Waals surface area contributed by atoms with Gasteiger partial charge in [0, 0.05) is 19.3 Å². The van der Waals surface area contributed by atoms with Gasteiger partial charge < -0.3 is 14.2 Å².